The van der Waals surface area contributed by atoms with Gasteiger partial charge in [0.2, 0.25) is 0 Å². The van der Waals surface area contributed by atoms with Gasteiger partial charge in [0, 0.05) is 11.8 Å². The van der Waals surface area contributed by atoms with Gasteiger partial charge in [0.05, 0.1) is 17.9 Å². The van der Waals surface area contributed by atoms with Crippen LogP contribution < -0.4 is 5.32 Å². The normalized spacial score (nSPS) is 20.5. The summed E-state index contributed by atoms with van der Waals surface area (Å²) in [5, 5.41) is 7.14. The maximum absolute atomic E-state index is 14.0. The molecule has 1 aliphatic rings. The van der Waals surface area contributed by atoms with Gasteiger partial charge < -0.3 is 5.32 Å². The Kier molecular flexibility index (Phi) is 4.17. The molecule has 2 aromatic heterocycles. The second kappa shape index (κ2) is 6.63. The van der Waals surface area contributed by atoms with Gasteiger partial charge in [0.25, 0.3) is 5.91 Å². The fraction of sp³-hybridized carbons (Fsp3) is 0.316. The summed E-state index contributed by atoms with van der Waals surface area (Å²) in [5.41, 5.74) is 2.69. The molecule has 3 aromatic rings. The average Bonchev–Trinajstić information content (AvgIpc) is 3.08. The number of benzene rings is 1. The number of fused-ring (bicyclic) bond motifs is 1. The molecular weight excluding hydrogens is 319 g/mol. The topological polar surface area (TPSA) is 59.3 Å². The van der Waals surface area contributed by atoms with Crippen LogP contribution in [0, 0.1) is 0 Å². The number of nitrogens with zero attached hydrogens (tertiary/aromatic N) is 3. The average molecular weight is 338 g/mol. The Hall–Kier alpha value is -2.76. The third kappa shape index (κ3) is 2.99. The van der Waals surface area contributed by atoms with Gasteiger partial charge in [-0.3, -0.25) is 4.79 Å². The molecule has 128 valence electrons. The highest BCUT2D eigenvalue weighted by Gasteiger charge is 2.27. The molecule has 5 nitrogen and oxygen atoms in total. The van der Waals surface area contributed by atoms with Gasteiger partial charge in [-0.1, -0.05) is 43.2 Å². The first-order chi connectivity index (χ1) is 12.2. The van der Waals surface area contributed by atoms with Crippen molar-refractivity contribution in [3.8, 4) is 11.3 Å². The molecule has 1 saturated carbocycles. The quantitative estimate of drug-likeness (QED) is 0.796. The largest absolute Gasteiger partial charge is 0.346 e. The van der Waals surface area contributed by atoms with Crippen LogP contribution >= 0.6 is 0 Å². The number of carbonyl (C=O) groups is 1. The van der Waals surface area contributed by atoms with Gasteiger partial charge in [0.15, 0.2) is 5.65 Å². The molecule has 1 N–H and O–H groups in total. The number of aromatic nitrogens is 3. The second-order valence-electron chi connectivity index (χ2n) is 6.37. The van der Waals surface area contributed by atoms with E-state index in [9.17, 15) is 9.18 Å². The lowest BCUT2D eigenvalue weighted by Gasteiger charge is -2.26. The molecule has 2 heterocycles. The molecule has 0 unspecified atom stereocenters. The highest BCUT2D eigenvalue weighted by atomic mass is 19.1. The molecule has 0 spiro atoms. The lowest BCUT2D eigenvalue weighted by Crippen LogP contribution is -2.43. The van der Waals surface area contributed by atoms with Crippen LogP contribution in [0.5, 0.6) is 0 Å². The van der Waals surface area contributed by atoms with Crippen LogP contribution in [0.25, 0.3) is 16.9 Å². The van der Waals surface area contributed by atoms with Crippen LogP contribution in [-0.4, -0.2) is 32.7 Å². The highest BCUT2D eigenvalue weighted by Crippen LogP contribution is 2.23. The van der Waals surface area contributed by atoms with Crippen molar-refractivity contribution in [1.29, 1.82) is 0 Å². The summed E-state index contributed by atoms with van der Waals surface area (Å²) in [7, 11) is 0. The van der Waals surface area contributed by atoms with Crippen molar-refractivity contribution >= 4 is 11.6 Å². The summed E-state index contributed by atoms with van der Waals surface area (Å²) in [6.07, 6.45) is 5.19. The molecule has 6 heteroatoms. The Morgan fingerprint density at radius 1 is 1.16 bits per heavy atom. The molecule has 4 rings (SSSR count). The summed E-state index contributed by atoms with van der Waals surface area (Å²) < 4.78 is 15.6. The number of hydrogen-bond donors (Lipinski definition) is 1. The third-order valence-electron chi connectivity index (χ3n) is 4.71. The molecule has 25 heavy (non-hydrogen) atoms. The lowest BCUT2D eigenvalue weighted by molar-refractivity contribution is 0.0885. The number of halogens is 1. The summed E-state index contributed by atoms with van der Waals surface area (Å²) in [5.74, 6) is -0.317. The highest BCUT2D eigenvalue weighted by molar-refractivity contribution is 6.00. The van der Waals surface area contributed by atoms with Crippen LogP contribution in [0.2, 0.25) is 0 Å². The monoisotopic (exact) mass is 338 g/mol. The zero-order valence-corrected chi connectivity index (χ0v) is 13.7. The molecule has 0 bridgehead atoms. The fourth-order valence-electron chi connectivity index (χ4n) is 3.37. The Balaban J connectivity index is 1.66. The van der Waals surface area contributed by atoms with E-state index in [2.05, 4.69) is 15.4 Å². The van der Waals surface area contributed by atoms with E-state index in [4.69, 9.17) is 0 Å². The molecule has 1 aromatic carbocycles. The van der Waals surface area contributed by atoms with E-state index in [1.165, 1.54) is 6.20 Å². The van der Waals surface area contributed by atoms with Crippen LogP contribution in [0.1, 0.15) is 36.0 Å². The minimum atomic E-state index is -0.979. The van der Waals surface area contributed by atoms with Gasteiger partial charge in [-0.15, -0.1) is 0 Å². The van der Waals surface area contributed by atoms with E-state index in [0.717, 1.165) is 24.1 Å². The second-order valence-corrected chi connectivity index (χ2v) is 6.37. The Bertz CT molecular complexity index is 893. The van der Waals surface area contributed by atoms with Crippen molar-refractivity contribution < 1.29 is 9.18 Å². The molecule has 0 saturated heterocycles. The van der Waals surface area contributed by atoms with E-state index >= 15 is 0 Å². The molecular formula is C19H19FN4O. The Morgan fingerprint density at radius 3 is 2.76 bits per heavy atom. The predicted molar refractivity (Wildman–Crippen MR) is 93.0 cm³/mol. The summed E-state index contributed by atoms with van der Waals surface area (Å²) in [4.78, 5) is 16.9. The maximum Gasteiger partial charge on any atom is 0.257 e. The lowest BCUT2D eigenvalue weighted by atomic mass is 9.93. The number of nitrogens with one attached hydrogen (secondary N) is 1. The Labute approximate surface area is 144 Å². The number of alkyl halides is 1. The molecule has 2 atom stereocenters. The van der Waals surface area contributed by atoms with Crippen molar-refractivity contribution in [1.82, 2.24) is 19.9 Å². The van der Waals surface area contributed by atoms with Crippen LogP contribution in [-0.2, 0) is 0 Å². The van der Waals surface area contributed by atoms with E-state index in [0.29, 0.717) is 24.1 Å². The van der Waals surface area contributed by atoms with Gasteiger partial charge in [-0.05, 0) is 18.9 Å². The van der Waals surface area contributed by atoms with Crippen LogP contribution in [0.3, 0.4) is 0 Å². The van der Waals surface area contributed by atoms with Crippen molar-refractivity contribution in [2.45, 2.75) is 37.9 Å². The molecule has 1 fully saturated rings. The number of hydrogen-bond acceptors (Lipinski definition) is 3. The smallest absolute Gasteiger partial charge is 0.257 e. The van der Waals surface area contributed by atoms with Gasteiger partial charge in [-0.25, -0.2) is 13.9 Å². The zero-order valence-electron chi connectivity index (χ0n) is 13.7. The van der Waals surface area contributed by atoms with Crippen molar-refractivity contribution in [2.24, 2.45) is 0 Å². The van der Waals surface area contributed by atoms with Crippen molar-refractivity contribution in [3.05, 3.63) is 54.4 Å². The minimum absolute atomic E-state index is 0.317. The zero-order chi connectivity index (χ0) is 17.2. The van der Waals surface area contributed by atoms with Gasteiger partial charge >= 0.3 is 0 Å². The first kappa shape index (κ1) is 15.7. The third-order valence-corrected chi connectivity index (χ3v) is 4.71. The van der Waals surface area contributed by atoms with Gasteiger partial charge in [-0.2, -0.15) is 5.10 Å². The van der Waals surface area contributed by atoms with Crippen LogP contribution in [0.4, 0.5) is 4.39 Å². The Morgan fingerprint density at radius 2 is 1.96 bits per heavy atom. The standard InChI is InChI=1S/C19H19FN4O/c20-15-8-4-5-9-16(15)23-19(25)14-12-22-24-17(10-11-21-18(14)24)13-6-2-1-3-7-13/h1-3,6-7,10-12,15-16H,4-5,8-9H2,(H,23,25)/t15-,16-/m1/s1. The maximum atomic E-state index is 14.0. The molecule has 0 aliphatic heterocycles. The minimum Gasteiger partial charge on any atom is -0.346 e. The molecule has 0 radical (unpaired) electrons. The van der Waals surface area contributed by atoms with Crippen molar-refractivity contribution in [3.63, 3.8) is 0 Å². The van der Waals surface area contributed by atoms with E-state index in [1.54, 1.807) is 10.7 Å². The van der Waals surface area contributed by atoms with Gasteiger partial charge in [0.1, 0.15) is 11.7 Å². The van der Waals surface area contributed by atoms with Crippen LogP contribution in [0.15, 0.2) is 48.8 Å². The van der Waals surface area contributed by atoms with E-state index < -0.39 is 12.2 Å². The fourth-order valence-corrected chi connectivity index (χ4v) is 3.37. The predicted octanol–water partition coefficient (Wildman–Crippen LogP) is 3.41. The number of carbonyl (C=O) groups excluding carboxylic acids is 1. The summed E-state index contributed by atoms with van der Waals surface area (Å²) >= 11 is 0. The SMILES string of the molecule is O=C(N[C@@H]1CCCC[C@H]1F)c1cnn2c(-c3ccccc3)ccnc12. The molecule has 1 amide bonds. The number of rotatable bonds is 3. The van der Waals surface area contributed by atoms with E-state index in [1.807, 2.05) is 36.4 Å². The first-order valence-electron chi connectivity index (χ1n) is 8.57. The van der Waals surface area contributed by atoms with Crippen molar-refractivity contribution in [2.75, 3.05) is 0 Å². The summed E-state index contributed by atoms with van der Waals surface area (Å²) in [6, 6.07) is 11.2. The molecule has 1 aliphatic carbocycles. The number of amides is 1. The summed E-state index contributed by atoms with van der Waals surface area (Å²) in [6.45, 7) is 0. The first-order valence-corrected chi connectivity index (χ1v) is 8.57. The van der Waals surface area contributed by atoms with E-state index in [-0.39, 0.29) is 5.91 Å².